The Balaban J connectivity index is 1.79. The fraction of sp³-hybridized carbons (Fsp3) is 0.593. The van der Waals surface area contributed by atoms with Crippen molar-refractivity contribution in [2.75, 3.05) is 0 Å². The van der Waals surface area contributed by atoms with Gasteiger partial charge >= 0.3 is 11.9 Å². The molecule has 0 saturated heterocycles. The van der Waals surface area contributed by atoms with Gasteiger partial charge in [0.2, 0.25) is 0 Å². The third-order valence-electron chi connectivity index (χ3n) is 6.88. The van der Waals surface area contributed by atoms with E-state index in [4.69, 9.17) is 9.47 Å². The molecule has 0 N–H and O–H groups in total. The second-order valence-electron chi connectivity index (χ2n) is 9.69. The number of hydrogen-bond acceptors (Lipinski definition) is 6. The van der Waals surface area contributed by atoms with E-state index < -0.39 is 0 Å². The molecule has 5 nitrogen and oxygen atoms in total. The average Bonchev–Trinajstić information content (AvgIpc) is 3.16. The summed E-state index contributed by atoms with van der Waals surface area (Å²) >= 11 is 1.56. The highest BCUT2D eigenvalue weighted by Crippen LogP contribution is 2.44. The molecule has 0 spiro atoms. The molecule has 6 heteroatoms. The fourth-order valence-corrected chi connectivity index (χ4v) is 5.85. The van der Waals surface area contributed by atoms with Gasteiger partial charge in [-0.15, -0.1) is 11.3 Å². The molecule has 1 heterocycles. The molecule has 0 bridgehead atoms. The molecule has 2 aliphatic carbocycles. The van der Waals surface area contributed by atoms with Crippen molar-refractivity contribution >= 4 is 29.4 Å². The number of esters is 2. The SMILES string of the molecule is CC(=O)OC1CC=CCC(OC(=O)C=Cc2csc(C)n2)CC2C(C)=CCC(C(C)C)C2C1. The van der Waals surface area contributed by atoms with Crippen LogP contribution in [-0.4, -0.2) is 29.1 Å². The van der Waals surface area contributed by atoms with Gasteiger partial charge < -0.3 is 9.47 Å². The first-order valence-corrected chi connectivity index (χ1v) is 12.9. The topological polar surface area (TPSA) is 65.5 Å². The van der Waals surface area contributed by atoms with Crippen molar-refractivity contribution in [3.8, 4) is 0 Å². The van der Waals surface area contributed by atoms with Gasteiger partial charge in [-0.1, -0.05) is 37.6 Å². The lowest BCUT2D eigenvalue weighted by atomic mass is 9.64. The van der Waals surface area contributed by atoms with Gasteiger partial charge in [0.1, 0.15) is 12.2 Å². The molecule has 0 fully saturated rings. The number of aromatic nitrogens is 1. The summed E-state index contributed by atoms with van der Waals surface area (Å²) in [6.07, 6.45) is 13.4. The van der Waals surface area contributed by atoms with Gasteiger partial charge in [-0.05, 0) is 62.9 Å². The Bertz CT molecular complexity index is 913. The minimum absolute atomic E-state index is 0.109. The van der Waals surface area contributed by atoms with Gasteiger partial charge in [-0.25, -0.2) is 9.78 Å². The third-order valence-corrected chi connectivity index (χ3v) is 7.67. The molecule has 0 amide bonds. The summed E-state index contributed by atoms with van der Waals surface area (Å²) in [5.74, 6) is 1.19. The van der Waals surface area contributed by atoms with E-state index in [1.165, 1.54) is 18.6 Å². The van der Waals surface area contributed by atoms with Crippen molar-refractivity contribution in [3.05, 3.63) is 46.0 Å². The Kier molecular flexibility index (Phi) is 9.07. The Labute approximate surface area is 202 Å². The molecule has 33 heavy (non-hydrogen) atoms. The molecule has 5 atom stereocenters. The lowest BCUT2D eigenvalue weighted by Crippen LogP contribution is -2.37. The Morgan fingerprint density at radius 1 is 1.09 bits per heavy atom. The van der Waals surface area contributed by atoms with Gasteiger partial charge in [-0.2, -0.15) is 0 Å². The van der Waals surface area contributed by atoms with E-state index in [0.717, 1.165) is 30.0 Å². The molecule has 2 aliphatic rings. The van der Waals surface area contributed by atoms with Gasteiger partial charge in [0.25, 0.3) is 0 Å². The Morgan fingerprint density at radius 3 is 2.39 bits per heavy atom. The van der Waals surface area contributed by atoms with Crippen molar-refractivity contribution in [1.29, 1.82) is 0 Å². The first kappa shape index (κ1) is 25.4. The van der Waals surface area contributed by atoms with Crippen LogP contribution >= 0.6 is 11.3 Å². The quantitative estimate of drug-likeness (QED) is 0.287. The van der Waals surface area contributed by atoms with E-state index >= 15 is 0 Å². The lowest BCUT2D eigenvalue weighted by molar-refractivity contribution is -0.148. The highest BCUT2D eigenvalue weighted by molar-refractivity contribution is 7.09. The number of carbonyl (C=O) groups is 2. The van der Waals surface area contributed by atoms with E-state index in [1.54, 1.807) is 17.4 Å². The zero-order valence-electron chi connectivity index (χ0n) is 20.5. The second kappa shape index (κ2) is 11.8. The van der Waals surface area contributed by atoms with E-state index in [2.05, 4.69) is 44.0 Å². The number of rotatable bonds is 5. The smallest absolute Gasteiger partial charge is 0.331 e. The predicted octanol–water partition coefficient (Wildman–Crippen LogP) is 6.29. The number of aryl methyl sites for hydroxylation is 1. The summed E-state index contributed by atoms with van der Waals surface area (Å²) in [6.45, 7) is 10.2. The van der Waals surface area contributed by atoms with Gasteiger partial charge in [-0.3, -0.25) is 4.79 Å². The van der Waals surface area contributed by atoms with Crippen LogP contribution in [-0.2, 0) is 19.1 Å². The molecular weight excluding hydrogens is 434 g/mol. The minimum Gasteiger partial charge on any atom is -0.462 e. The third kappa shape index (κ3) is 7.39. The standard InChI is InChI=1S/C27H37NO4S/c1-17(2)24-12-10-18(3)25-14-23(32-27(30)13-11-21-16-33-19(4)28-21)9-7-6-8-22(15-26(24)25)31-20(5)29/h6-7,10-11,13,16-17,22-26H,8-9,12,14-15H2,1-5H3. The summed E-state index contributed by atoms with van der Waals surface area (Å²) in [7, 11) is 0. The molecule has 180 valence electrons. The molecule has 0 aromatic carbocycles. The van der Waals surface area contributed by atoms with Crippen LogP contribution in [0.1, 0.15) is 70.5 Å². The van der Waals surface area contributed by atoms with Crippen LogP contribution in [0.3, 0.4) is 0 Å². The number of nitrogens with zero attached hydrogens (tertiary/aromatic N) is 1. The van der Waals surface area contributed by atoms with E-state index in [-0.39, 0.29) is 24.1 Å². The van der Waals surface area contributed by atoms with Gasteiger partial charge in [0.15, 0.2) is 0 Å². The van der Waals surface area contributed by atoms with Crippen LogP contribution in [0.25, 0.3) is 6.08 Å². The average molecular weight is 472 g/mol. The molecular formula is C27H37NO4S. The number of allylic oxidation sites excluding steroid dienone is 2. The molecule has 5 unspecified atom stereocenters. The van der Waals surface area contributed by atoms with E-state index in [9.17, 15) is 9.59 Å². The summed E-state index contributed by atoms with van der Waals surface area (Å²) in [5, 5.41) is 2.90. The van der Waals surface area contributed by atoms with Crippen LogP contribution in [0.4, 0.5) is 0 Å². The Hall–Kier alpha value is -2.21. The highest BCUT2D eigenvalue weighted by atomic mass is 32.1. The monoisotopic (exact) mass is 471 g/mol. The van der Waals surface area contributed by atoms with Crippen molar-refractivity contribution < 1.29 is 19.1 Å². The maximum atomic E-state index is 12.6. The normalized spacial score (nSPS) is 28.3. The van der Waals surface area contributed by atoms with Crippen molar-refractivity contribution in [2.45, 2.75) is 78.9 Å². The van der Waals surface area contributed by atoms with Gasteiger partial charge in [0, 0.05) is 31.2 Å². The van der Waals surface area contributed by atoms with Crippen molar-refractivity contribution in [1.82, 2.24) is 4.98 Å². The van der Waals surface area contributed by atoms with Crippen LogP contribution in [0.15, 0.2) is 35.3 Å². The highest BCUT2D eigenvalue weighted by Gasteiger charge is 2.38. The first-order valence-electron chi connectivity index (χ1n) is 12.0. The van der Waals surface area contributed by atoms with Gasteiger partial charge in [0.05, 0.1) is 10.7 Å². The summed E-state index contributed by atoms with van der Waals surface area (Å²) in [5.41, 5.74) is 2.14. The van der Waals surface area contributed by atoms with Crippen molar-refractivity contribution in [3.63, 3.8) is 0 Å². The zero-order valence-corrected chi connectivity index (χ0v) is 21.3. The lowest BCUT2D eigenvalue weighted by Gasteiger charge is -2.42. The van der Waals surface area contributed by atoms with Crippen LogP contribution in [0, 0.1) is 30.6 Å². The summed E-state index contributed by atoms with van der Waals surface area (Å²) in [4.78, 5) is 28.7. The van der Waals surface area contributed by atoms with Crippen LogP contribution < -0.4 is 0 Å². The summed E-state index contributed by atoms with van der Waals surface area (Å²) in [6, 6.07) is 0. The number of carbonyl (C=O) groups excluding carboxylic acids is 2. The largest absolute Gasteiger partial charge is 0.462 e. The minimum atomic E-state index is -0.330. The Morgan fingerprint density at radius 2 is 1.79 bits per heavy atom. The maximum Gasteiger partial charge on any atom is 0.331 e. The van der Waals surface area contributed by atoms with Crippen LogP contribution in [0.2, 0.25) is 0 Å². The number of fused-ring (bicyclic) bond motifs is 1. The first-order chi connectivity index (χ1) is 15.7. The molecule has 0 saturated carbocycles. The molecule has 0 aliphatic heterocycles. The zero-order chi connectivity index (χ0) is 24.0. The summed E-state index contributed by atoms with van der Waals surface area (Å²) < 4.78 is 11.6. The molecule has 3 rings (SSSR count). The number of ether oxygens (including phenoxy) is 2. The number of hydrogen-bond donors (Lipinski definition) is 0. The molecule has 1 aromatic heterocycles. The predicted molar refractivity (Wildman–Crippen MR) is 133 cm³/mol. The van der Waals surface area contributed by atoms with Crippen molar-refractivity contribution in [2.24, 2.45) is 23.7 Å². The van der Waals surface area contributed by atoms with E-state index in [0.29, 0.717) is 36.5 Å². The second-order valence-corrected chi connectivity index (χ2v) is 10.8. The number of thiazole rings is 1. The molecule has 1 aromatic rings. The van der Waals surface area contributed by atoms with Crippen LogP contribution in [0.5, 0.6) is 0 Å². The van der Waals surface area contributed by atoms with E-state index in [1.807, 2.05) is 12.3 Å². The maximum absolute atomic E-state index is 12.6. The molecule has 0 radical (unpaired) electrons. The fourth-order valence-electron chi connectivity index (χ4n) is 5.27.